The van der Waals surface area contributed by atoms with Gasteiger partial charge in [0, 0.05) is 16.1 Å². The number of halogens is 2. The second-order valence-corrected chi connectivity index (χ2v) is 3.65. The number of carboxylic acid groups (broad SMARTS) is 1. The van der Waals surface area contributed by atoms with Gasteiger partial charge in [-0.1, -0.05) is 0 Å². The lowest BCUT2D eigenvalue weighted by molar-refractivity contribution is 0.197. The molecule has 0 aliphatic heterocycles. The van der Waals surface area contributed by atoms with Crippen LogP contribution in [0.15, 0.2) is 28.9 Å². The molecule has 2 rings (SSSR count). The van der Waals surface area contributed by atoms with Gasteiger partial charge >= 0.3 is 6.09 Å². The smallest absolute Gasteiger partial charge is 0.416 e. The lowest BCUT2D eigenvalue weighted by Crippen LogP contribution is -2.05. The number of carbonyl (C=O) groups is 1. The quantitative estimate of drug-likeness (QED) is 0.788. The van der Waals surface area contributed by atoms with E-state index in [-0.39, 0.29) is 0 Å². The largest absolute Gasteiger partial charge is 0.464 e. The van der Waals surface area contributed by atoms with Gasteiger partial charge in [0.15, 0.2) is 0 Å². The van der Waals surface area contributed by atoms with Crippen LogP contribution in [0.5, 0.6) is 0 Å². The van der Waals surface area contributed by atoms with Crippen LogP contribution in [-0.2, 0) is 0 Å². The summed E-state index contributed by atoms with van der Waals surface area (Å²) in [4.78, 5) is 10.8. The summed E-state index contributed by atoms with van der Waals surface area (Å²) in [6, 6.07) is 4.02. The van der Waals surface area contributed by atoms with Crippen molar-refractivity contribution in [3.05, 3.63) is 34.7 Å². The van der Waals surface area contributed by atoms with Crippen LogP contribution < -0.4 is 0 Å². The van der Waals surface area contributed by atoms with Gasteiger partial charge in [0.2, 0.25) is 0 Å². The number of hydrogen-bond donors (Lipinski definition) is 1. The Morgan fingerprint density at radius 3 is 2.86 bits per heavy atom. The number of hydrogen-bond acceptors (Lipinski definition) is 1. The molecule has 0 spiro atoms. The van der Waals surface area contributed by atoms with E-state index >= 15 is 0 Å². The fraction of sp³-hybridized carbons (Fsp3) is 0. The molecule has 3 nitrogen and oxygen atoms in total. The molecule has 1 N–H and O–H groups in total. The van der Waals surface area contributed by atoms with Gasteiger partial charge in [0.1, 0.15) is 5.82 Å². The molecule has 0 aliphatic rings. The van der Waals surface area contributed by atoms with Gasteiger partial charge in [0.25, 0.3) is 0 Å². The summed E-state index contributed by atoms with van der Waals surface area (Å²) in [7, 11) is 0. The first-order valence-corrected chi connectivity index (χ1v) is 4.58. The van der Waals surface area contributed by atoms with Crippen molar-refractivity contribution in [2.75, 3.05) is 0 Å². The third-order valence-corrected chi connectivity index (χ3v) is 2.56. The maximum atomic E-state index is 12.9. The van der Waals surface area contributed by atoms with Crippen molar-refractivity contribution in [1.29, 1.82) is 0 Å². The second-order valence-electron chi connectivity index (χ2n) is 2.79. The van der Waals surface area contributed by atoms with Gasteiger partial charge < -0.3 is 5.11 Å². The van der Waals surface area contributed by atoms with Gasteiger partial charge in [-0.15, -0.1) is 0 Å². The Kier molecular flexibility index (Phi) is 2.03. The van der Waals surface area contributed by atoms with Crippen LogP contribution in [0.2, 0.25) is 0 Å². The Labute approximate surface area is 86.9 Å². The fourth-order valence-corrected chi connectivity index (χ4v) is 1.86. The van der Waals surface area contributed by atoms with Crippen LogP contribution >= 0.6 is 15.9 Å². The average molecular weight is 258 g/mol. The van der Waals surface area contributed by atoms with E-state index in [1.54, 1.807) is 0 Å². The highest BCUT2D eigenvalue weighted by Crippen LogP contribution is 2.26. The van der Waals surface area contributed by atoms with Crippen LogP contribution in [-0.4, -0.2) is 15.8 Å². The predicted molar refractivity (Wildman–Crippen MR) is 53.0 cm³/mol. The fourth-order valence-electron chi connectivity index (χ4n) is 1.32. The first-order valence-electron chi connectivity index (χ1n) is 3.79. The molecule has 0 unspecified atom stereocenters. The zero-order valence-electron chi connectivity index (χ0n) is 6.87. The molecule has 1 aromatic carbocycles. The van der Waals surface area contributed by atoms with E-state index < -0.39 is 11.9 Å². The normalized spacial score (nSPS) is 10.7. The Morgan fingerprint density at radius 1 is 1.50 bits per heavy atom. The Balaban J connectivity index is 2.85. The van der Waals surface area contributed by atoms with Crippen LogP contribution in [0.1, 0.15) is 0 Å². The van der Waals surface area contributed by atoms with Gasteiger partial charge in [-0.2, -0.15) is 0 Å². The molecule has 1 heterocycles. The molecule has 0 saturated heterocycles. The average Bonchev–Trinajstić information content (AvgIpc) is 2.43. The SMILES string of the molecule is O=C(O)n1cc(Br)c2ccc(F)cc21. The maximum absolute atomic E-state index is 12.9. The van der Waals surface area contributed by atoms with Gasteiger partial charge in [-0.25, -0.2) is 9.18 Å². The van der Waals surface area contributed by atoms with Crippen molar-refractivity contribution in [1.82, 2.24) is 4.57 Å². The van der Waals surface area contributed by atoms with Gasteiger partial charge in [0.05, 0.1) is 5.52 Å². The van der Waals surface area contributed by atoms with Crippen molar-refractivity contribution in [2.45, 2.75) is 0 Å². The van der Waals surface area contributed by atoms with E-state index in [1.807, 2.05) is 0 Å². The monoisotopic (exact) mass is 257 g/mol. The summed E-state index contributed by atoms with van der Waals surface area (Å²) in [5, 5.41) is 9.48. The highest BCUT2D eigenvalue weighted by atomic mass is 79.9. The van der Waals surface area contributed by atoms with Crippen LogP contribution in [0.4, 0.5) is 9.18 Å². The first-order chi connectivity index (χ1) is 6.59. The summed E-state index contributed by atoms with van der Waals surface area (Å²) in [6.07, 6.45) is 0.262. The number of nitrogens with zero attached hydrogens (tertiary/aromatic N) is 1. The van der Waals surface area contributed by atoms with E-state index in [0.717, 1.165) is 4.57 Å². The molecule has 0 fully saturated rings. The minimum atomic E-state index is -1.13. The predicted octanol–water partition coefficient (Wildman–Crippen LogP) is 3.07. The molecule has 14 heavy (non-hydrogen) atoms. The number of benzene rings is 1. The van der Waals surface area contributed by atoms with Crippen molar-refractivity contribution in [3.63, 3.8) is 0 Å². The number of rotatable bonds is 0. The van der Waals surface area contributed by atoms with Crippen LogP contribution in [0.25, 0.3) is 10.9 Å². The van der Waals surface area contributed by atoms with Crippen LogP contribution in [0.3, 0.4) is 0 Å². The van der Waals surface area contributed by atoms with Crippen molar-refractivity contribution in [3.8, 4) is 0 Å². The molecular weight excluding hydrogens is 253 g/mol. The van der Waals surface area contributed by atoms with Gasteiger partial charge in [-0.05, 0) is 34.1 Å². The Morgan fingerprint density at radius 2 is 2.21 bits per heavy atom. The van der Waals surface area contributed by atoms with Crippen molar-refractivity contribution in [2.24, 2.45) is 0 Å². The van der Waals surface area contributed by atoms with E-state index in [1.165, 1.54) is 24.4 Å². The lowest BCUT2D eigenvalue weighted by Gasteiger charge is -1.96. The highest BCUT2D eigenvalue weighted by molar-refractivity contribution is 9.10. The Bertz CT molecular complexity index is 521. The molecule has 0 radical (unpaired) electrons. The molecule has 0 saturated carbocycles. The summed E-state index contributed by atoms with van der Waals surface area (Å²) in [5.41, 5.74) is 0.337. The van der Waals surface area contributed by atoms with E-state index in [2.05, 4.69) is 15.9 Å². The lowest BCUT2D eigenvalue weighted by atomic mass is 10.2. The molecular formula is C9H5BrFNO2. The minimum Gasteiger partial charge on any atom is -0.464 e. The second kappa shape index (κ2) is 3.09. The van der Waals surface area contributed by atoms with E-state index in [4.69, 9.17) is 5.11 Å². The molecule has 72 valence electrons. The third kappa shape index (κ3) is 1.29. The summed E-state index contributed by atoms with van der Waals surface area (Å²) in [5.74, 6) is -0.453. The number of aromatic nitrogens is 1. The molecule has 5 heteroatoms. The third-order valence-electron chi connectivity index (χ3n) is 1.93. The molecule has 0 aliphatic carbocycles. The first kappa shape index (κ1) is 9.21. The molecule has 0 amide bonds. The van der Waals surface area contributed by atoms with Crippen molar-refractivity contribution >= 4 is 32.9 Å². The minimum absolute atomic E-state index is 0.337. The number of fused-ring (bicyclic) bond motifs is 1. The molecule has 0 atom stereocenters. The van der Waals surface area contributed by atoms with E-state index in [0.29, 0.717) is 15.4 Å². The zero-order valence-corrected chi connectivity index (χ0v) is 8.45. The van der Waals surface area contributed by atoms with Crippen LogP contribution in [0, 0.1) is 5.82 Å². The molecule has 1 aromatic heterocycles. The highest BCUT2D eigenvalue weighted by Gasteiger charge is 2.11. The standard InChI is InChI=1S/C9H5BrFNO2/c10-7-4-12(9(13)14)8-3-5(11)1-2-6(7)8/h1-4H,(H,13,14). The molecule has 2 aromatic rings. The molecule has 0 bridgehead atoms. The van der Waals surface area contributed by atoms with Crippen molar-refractivity contribution < 1.29 is 14.3 Å². The topological polar surface area (TPSA) is 42.2 Å². The van der Waals surface area contributed by atoms with E-state index in [9.17, 15) is 9.18 Å². The summed E-state index contributed by atoms with van der Waals surface area (Å²) >= 11 is 3.20. The summed E-state index contributed by atoms with van der Waals surface area (Å²) in [6.45, 7) is 0. The summed E-state index contributed by atoms with van der Waals surface area (Å²) < 4.78 is 14.5. The maximum Gasteiger partial charge on any atom is 0.416 e. The van der Waals surface area contributed by atoms with Gasteiger partial charge in [-0.3, -0.25) is 4.57 Å². The zero-order chi connectivity index (χ0) is 10.3. The Hall–Kier alpha value is -1.36.